The summed E-state index contributed by atoms with van der Waals surface area (Å²) in [7, 11) is 0. The molecular weight excluding hydrogens is 250 g/mol. The van der Waals surface area contributed by atoms with Crippen LogP contribution in [0.3, 0.4) is 0 Å². The van der Waals surface area contributed by atoms with Crippen molar-refractivity contribution >= 4 is 11.3 Å². The van der Waals surface area contributed by atoms with Crippen LogP contribution in [0, 0.1) is 11.3 Å². The van der Waals surface area contributed by atoms with E-state index in [9.17, 15) is 5.26 Å². The second kappa shape index (κ2) is 6.54. The number of rotatable bonds is 6. The highest BCUT2D eigenvalue weighted by Gasteiger charge is 2.32. The van der Waals surface area contributed by atoms with Crippen LogP contribution in [0.2, 0.25) is 0 Å². The molecule has 2 aromatic rings. The molecule has 0 aliphatic rings. The topological polar surface area (TPSA) is 23.8 Å². The molecule has 0 saturated carbocycles. The van der Waals surface area contributed by atoms with Crippen molar-refractivity contribution in [1.82, 2.24) is 0 Å². The monoisotopic (exact) mass is 269 g/mol. The van der Waals surface area contributed by atoms with Crippen molar-refractivity contribution in [2.75, 3.05) is 0 Å². The summed E-state index contributed by atoms with van der Waals surface area (Å²) in [4.78, 5) is 1.20. The van der Waals surface area contributed by atoms with E-state index in [1.165, 1.54) is 10.4 Å². The van der Waals surface area contributed by atoms with Crippen LogP contribution in [0.25, 0.3) is 0 Å². The molecule has 2 rings (SSSR count). The minimum absolute atomic E-state index is 0.356. The number of nitrogens with zero attached hydrogens (tertiary/aromatic N) is 1. The van der Waals surface area contributed by atoms with Gasteiger partial charge >= 0.3 is 0 Å². The van der Waals surface area contributed by atoms with Gasteiger partial charge in [-0.1, -0.05) is 56.2 Å². The van der Waals surface area contributed by atoms with E-state index >= 15 is 0 Å². The smallest absolute Gasteiger partial charge is 0.0954 e. The van der Waals surface area contributed by atoms with Gasteiger partial charge in [-0.05, 0) is 29.9 Å². The fourth-order valence-corrected chi connectivity index (χ4v) is 3.33. The molecule has 1 atom stereocenters. The van der Waals surface area contributed by atoms with Crippen molar-refractivity contribution < 1.29 is 0 Å². The molecule has 1 nitrogen and oxygen atoms in total. The molecule has 0 saturated heterocycles. The van der Waals surface area contributed by atoms with E-state index in [1.54, 1.807) is 11.3 Å². The fraction of sp³-hybridized carbons (Fsp3) is 0.353. The predicted molar refractivity (Wildman–Crippen MR) is 81.3 cm³/mol. The van der Waals surface area contributed by atoms with E-state index in [-0.39, 0.29) is 5.41 Å². The van der Waals surface area contributed by atoms with Gasteiger partial charge in [-0.3, -0.25) is 0 Å². The van der Waals surface area contributed by atoms with Gasteiger partial charge in [0.2, 0.25) is 0 Å². The Morgan fingerprint density at radius 1 is 1.16 bits per heavy atom. The Balaban J connectivity index is 2.31. The molecule has 1 aromatic heterocycles. The van der Waals surface area contributed by atoms with Gasteiger partial charge in [-0.25, -0.2) is 0 Å². The Hall–Kier alpha value is -1.59. The molecule has 0 aliphatic heterocycles. The predicted octanol–water partition coefficient (Wildman–Crippen LogP) is 4.94. The number of nitriles is 1. The molecule has 0 N–H and O–H groups in total. The first-order valence-corrected chi connectivity index (χ1v) is 7.68. The van der Waals surface area contributed by atoms with Crippen molar-refractivity contribution in [2.45, 2.75) is 38.0 Å². The average Bonchev–Trinajstić information content (AvgIpc) is 2.99. The van der Waals surface area contributed by atoms with Crippen LogP contribution in [0.1, 0.15) is 36.6 Å². The second-order valence-corrected chi connectivity index (χ2v) is 5.88. The van der Waals surface area contributed by atoms with Gasteiger partial charge in [0.15, 0.2) is 0 Å². The third-order valence-corrected chi connectivity index (χ3v) is 4.59. The van der Waals surface area contributed by atoms with Crippen LogP contribution in [0.15, 0.2) is 47.8 Å². The number of unbranched alkanes of at least 4 members (excludes halogenated alkanes) is 1. The molecule has 0 aliphatic carbocycles. The largest absolute Gasteiger partial charge is 0.197 e. The van der Waals surface area contributed by atoms with Gasteiger partial charge in [0.25, 0.3) is 0 Å². The molecule has 0 spiro atoms. The van der Waals surface area contributed by atoms with Gasteiger partial charge in [-0.2, -0.15) is 5.26 Å². The summed E-state index contributed by atoms with van der Waals surface area (Å²) in [5.41, 5.74) is 0.888. The van der Waals surface area contributed by atoms with Crippen LogP contribution >= 0.6 is 11.3 Å². The highest BCUT2D eigenvalue weighted by atomic mass is 32.1. The van der Waals surface area contributed by atoms with Crippen molar-refractivity contribution in [3.63, 3.8) is 0 Å². The van der Waals surface area contributed by atoms with E-state index in [2.05, 4.69) is 36.6 Å². The lowest BCUT2D eigenvalue weighted by molar-refractivity contribution is 0.484. The van der Waals surface area contributed by atoms with Crippen molar-refractivity contribution in [3.05, 3.63) is 58.3 Å². The molecule has 2 heteroatoms. The van der Waals surface area contributed by atoms with Crippen LogP contribution in [0.4, 0.5) is 0 Å². The van der Waals surface area contributed by atoms with E-state index in [0.29, 0.717) is 0 Å². The summed E-state index contributed by atoms with van der Waals surface area (Å²) >= 11 is 1.70. The highest BCUT2D eigenvalue weighted by molar-refractivity contribution is 7.10. The second-order valence-electron chi connectivity index (χ2n) is 4.94. The number of hydrogen-bond donors (Lipinski definition) is 0. The SMILES string of the molecule is CCCCC(C#N)(Cc1ccccc1)c1cccs1. The molecule has 0 fully saturated rings. The maximum atomic E-state index is 9.79. The van der Waals surface area contributed by atoms with Crippen molar-refractivity contribution in [1.29, 1.82) is 5.26 Å². The van der Waals surface area contributed by atoms with Gasteiger partial charge in [-0.15, -0.1) is 11.3 Å². The third kappa shape index (κ3) is 3.24. The molecule has 0 amide bonds. The van der Waals surface area contributed by atoms with Gasteiger partial charge < -0.3 is 0 Å². The van der Waals surface area contributed by atoms with Crippen LogP contribution in [-0.2, 0) is 11.8 Å². The highest BCUT2D eigenvalue weighted by Crippen LogP contribution is 2.36. The normalized spacial score (nSPS) is 13.7. The summed E-state index contributed by atoms with van der Waals surface area (Å²) in [6.45, 7) is 2.18. The quantitative estimate of drug-likeness (QED) is 0.728. The number of benzene rings is 1. The standard InChI is InChI=1S/C17H19NS/c1-2-3-11-17(14-18,16-10-7-12-19-16)13-15-8-5-4-6-9-15/h4-10,12H,2-3,11,13H2,1H3. The van der Waals surface area contributed by atoms with E-state index in [4.69, 9.17) is 0 Å². The molecule has 0 bridgehead atoms. The Morgan fingerprint density at radius 3 is 2.53 bits per heavy atom. The lowest BCUT2D eigenvalue weighted by atomic mass is 9.77. The zero-order valence-corrected chi connectivity index (χ0v) is 12.1. The molecule has 1 heterocycles. The maximum absolute atomic E-state index is 9.79. The zero-order valence-electron chi connectivity index (χ0n) is 11.3. The summed E-state index contributed by atoms with van der Waals surface area (Å²) < 4.78 is 0. The first-order valence-electron chi connectivity index (χ1n) is 6.80. The Labute approximate surface area is 119 Å². The van der Waals surface area contributed by atoms with Crippen molar-refractivity contribution in [3.8, 4) is 6.07 Å². The fourth-order valence-electron chi connectivity index (χ4n) is 2.42. The lowest BCUT2D eigenvalue weighted by Crippen LogP contribution is -2.26. The molecule has 19 heavy (non-hydrogen) atoms. The number of hydrogen-bond acceptors (Lipinski definition) is 2. The lowest BCUT2D eigenvalue weighted by Gasteiger charge is -2.25. The molecule has 1 aromatic carbocycles. The first-order chi connectivity index (χ1) is 9.30. The average molecular weight is 269 g/mol. The Bertz CT molecular complexity index is 524. The number of thiophene rings is 1. The van der Waals surface area contributed by atoms with Crippen LogP contribution in [0.5, 0.6) is 0 Å². The first kappa shape index (κ1) is 13.8. The summed E-state index contributed by atoms with van der Waals surface area (Å²) in [5.74, 6) is 0. The third-order valence-electron chi connectivity index (χ3n) is 3.51. The molecular formula is C17H19NS. The maximum Gasteiger partial charge on any atom is 0.0954 e. The minimum Gasteiger partial charge on any atom is -0.197 e. The zero-order chi connectivity index (χ0) is 13.6. The van der Waals surface area contributed by atoms with Gasteiger partial charge in [0, 0.05) is 4.88 Å². The molecule has 98 valence electrons. The van der Waals surface area contributed by atoms with E-state index < -0.39 is 0 Å². The van der Waals surface area contributed by atoms with Crippen LogP contribution < -0.4 is 0 Å². The van der Waals surface area contributed by atoms with Crippen molar-refractivity contribution in [2.24, 2.45) is 0 Å². The Morgan fingerprint density at radius 2 is 1.95 bits per heavy atom. The summed E-state index contributed by atoms with van der Waals surface area (Å²) in [5, 5.41) is 11.9. The van der Waals surface area contributed by atoms with E-state index in [0.717, 1.165) is 25.7 Å². The summed E-state index contributed by atoms with van der Waals surface area (Å²) in [6.07, 6.45) is 3.97. The van der Waals surface area contributed by atoms with Gasteiger partial charge in [0.05, 0.1) is 11.5 Å². The van der Waals surface area contributed by atoms with Crippen LogP contribution in [-0.4, -0.2) is 0 Å². The molecule has 0 radical (unpaired) electrons. The van der Waals surface area contributed by atoms with E-state index in [1.807, 2.05) is 24.3 Å². The summed E-state index contributed by atoms with van der Waals surface area (Å²) in [6, 6.07) is 17.1. The van der Waals surface area contributed by atoms with Gasteiger partial charge in [0.1, 0.15) is 0 Å². The minimum atomic E-state index is -0.356. The Kier molecular flexibility index (Phi) is 4.76. The molecule has 1 unspecified atom stereocenters.